The minimum atomic E-state index is 0. The molecule has 1 aliphatic rings. The summed E-state index contributed by atoms with van der Waals surface area (Å²) in [5.41, 5.74) is 0. The van der Waals surface area contributed by atoms with Gasteiger partial charge in [-0.05, 0) is 6.08 Å². The van der Waals surface area contributed by atoms with Crippen LogP contribution in [-0.4, -0.2) is 23.2 Å². The van der Waals surface area contributed by atoms with Crippen LogP contribution in [0.4, 0.5) is 0 Å². The van der Waals surface area contributed by atoms with E-state index in [1.807, 2.05) is 0 Å². The maximum atomic E-state index is 8.54. The Morgan fingerprint density at radius 1 is 1.62 bits per heavy atom. The molecule has 0 saturated heterocycles. The third-order valence-electron chi connectivity index (χ3n) is 0.676. The Labute approximate surface area is 53.7 Å². The number of hydroxylamine groups is 2. The SMILES string of the molecule is Cl.ON1C=CC=NC1. The summed E-state index contributed by atoms with van der Waals surface area (Å²) in [7, 11) is 0. The van der Waals surface area contributed by atoms with E-state index in [0.717, 1.165) is 5.06 Å². The molecule has 1 heterocycles. The quantitative estimate of drug-likeness (QED) is 0.528. The standard InChI is InChI=1S/C4H6N2O.ClH/c7-6-3-1-2-5-4-6;/h1-3,7H,4H2;1H. The predicted octanol–water partition coefficient (Wildman–Crippen LogP) is 0.655. The van der Waals surface area contributed by atoms with Crippen molar-refractivity contribution in [1.82, 2.24) is 5.06 Å². The van der Waals surface area contributed by atoms with Crippen molar-refractivity contribution < 1.29 is 5.21 Å². The molecule has 4 heteroatoms. The second-order valence-corrected chi connectivity index (χ2v) is 1.25. The van der Waals surface area contributed by atoms with E-state index in [9.17, 15) is 0 Å². The topological polar surface area (TPSA) is 35.8 Å². The number of hydrogen-bond acceptors (Lipinski definition) is 3. The number of aliphatic imine (C=N–C) groups is 1. The highest BCUT2D eigenvalue weighted by Gasteiger charge is 1.89. The van der Waals surface area contributed by atoms with Crippen molar-refractivity contribution in [2.45, 2.75) is 0 Å². The minimum absolute atomic E-state index is 0. The van der Waals surface area contributed by atoms with Gasteiger partial charge < -0.3 is 0 Å². The first-order chi connectivity index (χ1) is 3.39. The molecule has 0 aromatic heterocycles. The molecule has 0 saturated carbocycles. The maximum absolute atomic E-state index is 8.54. The van der Waals surface area contributed by atoms with Gasteiger partial charge in [-0.15, -0.1) is 12.4 Å². The van der Waals surface area contributed by atoms with Crippen LogP contribution >= 0.6 is 12.4 Å². The summed E-state index contributed by atoms with van der Waals surface area (Å²) < 4.78 is 0. The lowest BCUT2D eigenvalue weighted by Gasteiger charge is -2.08. The van der Waals surface area contributed by atoms with E-state index >= 15 is 0 Å². The van der Waals surface area contributed by atoms with Gasteiger partial charge in [0.2, 0.25) is 0 Å². The Morgan fingerprint density at radius 3 is 2.62 bits per heavy atom. The fourth-order valence-electron chi connectivity index (χ4n) is 0.377. The summed E-state index contributed by atoms with van der Waals surface area (Å²) in [6, 6.07) is 0. The predicted molar refractivity (Wildman–Crippen MR) is 33.4 cm³/mol. The molecular weight excluding hydrogens is 128 g/mol. The largest absolute Gasteiger partial charge is 0.287 e. The van der Waals surface area contributed by atoms with Crippen LogP contribution in [0, 0.1) is 0 Å². The fourth-order valence-corrected chi connectivity index (χ4v) is 0.377. The van der Waals surface area contributed by atoms with E-state index in [0.29, 0.717) is 6.67 Å². The van der Waals surface area contributed by atoms with E-state index in [1.165, 1.54) is 0 Å². The van der Waals surface area contributed by atoms with Crippen molar-refractivity contribution in [1.29, 1.82) is 0 Å². The third kappa shape index (κ3) is 1.95. The van der Waals surface area contributed by atoms with Crippen molar-refractivity contribution in [3.8, 4) is 0 Å². The molecule has 0 spiro atoms. The summed E-state index contributed by atoms with van der Waals surface area (Å²) in [5, 5.41) is 9.56. The molecule has 0 atom stereocenters. The van der Waals surface area contributed by atoms with Crippen molar-refractivity contribution in [3.05, 3.63) is 12.3 Å². The number of rotatable bonds is 0. The van der Waals surface area contributed by atoms with Gasteiger partial charge in [-0.3, -0.25) is 10.2 Å². The van der Waals surface area contributed by atoms with Crippen molar-refractivity contribution >= 4 is 18.6 Å². The molecule has 0 aromatic rings. The van der Waals surface area contributed by atoms with Gasteiger partial charge in [-0.1, -0.05) is 0 Å². The average Bonchev–Trinajstić information content (AvgIpc) is 1.69. The van der Waals surface area contributed by atoms with Crippen LogP contribution in [0.25, 0.3) is 0 Å². The lowest BCUT2D eigenvalue weighted by atomic mass is 10.6. The Morgan fingerprint density at radius 2 is 2.38 bits per heavy atom. The molecule has 1 aliphatic heterocycles. The zero-order chi connectivity index (χ0) is 5.11. The number of halogens is 1. The van der Waals surface area contributed by atoms with E-state index < -0.39 is 0 Å². The monoisotopic (exact) mass is 134 g/mol. The van der Waals surface area contributed by atoms with E-state index in [-0.39, 0.29) is 12.4 Å². The smallest absolute Gasteiger partial charge is 0.134 e. The van der Waals surface area contributed by atoms with Crippen LogP contribution in [0.1, 0.15) is 0 Å². The zero-order valence-electron chi connectivity index (χ0n) is 4.19. The molecular formula is C4H7ClN2O. The normalized spacial score (nSPS) is 15.9. The molecule has 0 amide bonds. The molecule has 0 bridgehead atoms. The van der Waals surface area contributed by atoms with Crippen molar-refractivity contribution in [2.75, 3.05) is 6.67 Å². The van der Waals surface area contributed by atoms with Crippen LogP contribution in [0.5, 0.6) is 0 Å². The Bertz CT molecular complexity index is 113. The van der Waals surface area contributed by atoms with Gasteiger partial charge in [-0.2, -0.15) is 0 Å². The first kappa shape index (κ1) is 7.46. The van der Waals surface area contributed by atoms with Crippen LogP contribution in [-0.2, 0) is 0 Å². The molecule has 0 radical (unpaired) electrons. The van der Waals surface area contributed by atoms with Gasteiger partial charge in [0, 0.05) is 12.4 Å². The second kappa shape index (κ2) is 3.46. The molecule has 0 aromatic carbocycles. The zero-order valence-corrected chi connectivity index (χ0v) is 5.01. The molecule has 0 unspecified atom stereocenters. The van der Waals surface area contributed by atoms with Gasteiger partial charge in [-0.25, -0.2) is 5.06 Å². The maximum Gasteiger partial charge on any atom is 0.134 e. The highest BCUT2D eigenvalue weighted by Crippen LogP contribution is 1.87. The molecule has 1 rings (SSSR count). The number of allylic oxidation sites excluding steroid dienone is 1. The van der Waals surface area contributed by atoms with Gasteiger partial charge in [0.25, 0.3) is 0 Å². The average molecular weight is 135 g/mol. The van der Waals surface area contributed by atoms with E-state index in [2.05, 4.69) is 4.99 Å². The molecule has 0 fully saturated rings. The summed E-state index contributed by atoms with van der Waals surface area (Å²) >= 11 is 0. The summed E-state index contributed by atoms with van der Waals surface area (Å²) in [5.74, 6) is 0. The van der Waals surface area contributed by atoms with Gasteiger partial charge in [0.1, 0.15) is 6.67 Å². The fraction of sp³-hybridized carbons (Fsp3) is 0.250. The lowest BCUT2D eigenvalue weighted by Crippen LogP contribution is -2.13. The lowest BCUT2D eigenvalue weighted by molar-refractivity contribution is -0.0384. The summed E-state index contributed by atoms with van der Waals surface area (Å²) in [4.78, 5) is 3.72. The Hall–Kier alpha value is -0.540. The van der Waals surface area contributed by atoms with E-state index in [4.69, 9.17) is 5.21 Å². The number of nitrogens with zero attached hydrogens (tertiary/aromatic N) is 2. The first-order valence-corrected chi connectivity index (χ1v) is 2.02. The minimum Gasteiger partial charge on any atom is -0.287 e. The van der Waals surface area contributed by atoms with Gasteiger partial charge in [0.05, 0.1) is 0 Å². The molecule has 46 valence electrons. The third-order valence-corrected chi connectivity index (χ3v) is 0.676. The summed E-state index contributed by atoms with van der Waals surface area (Å²) in [6.45, 7) is 0.358. The highest BCUT2D eigenvalue weighted by atomic mass is 35.5. The van der Waals surface area contributed by atoms with E-state index in [1.54, 1.807) is 18.5 Å². The van der Waals surface area contributed by atoms with Gasteiger partial charge >= 0.3 is 0 Å². The Balaban J connectivity index is 0.000000490. The van der Waals surface area contributed by atoms with Crippen LogP contribution < -0.4 is 0 Å². The highest BCUT2D eigenvalue weighted by molar-refractivity contribution is 5.85. The Kier molecular flexibility index (Phi) is 3.23. The van der Waals surface area contributed by atoms with Crippen LogP contribution in [0.2, 0.25) is 0 Å². The molecule has 3 nitrogen and oxygen atoms in total. The summed E-state index contributed by atoms with van der Waals surface area (Å²) in [6.07, 6.45) is 4.86. The van der Waals surface area contributed by atoms with Crippen molar-refractivity contribution in [3.63, 3.8) is 0 Å². The van der Waals surface area contributed by atoms with Crippen LogP contribution in [0.3, 0.4) is 0 Å². The second-order valence-electron chi connectivity index (χ2n) is 1.25. The van der Waals surface area contributed by atoms with Gasteiger partial charge in [0.15, 0.2) is 0 Å². The number of hydrogen-bond donors (Lipinski definition) is 1. The first-order valence-electron chi connectivity index (χ1n) is 2.02. The molecule has 1 N–H and O–H groups in total. The molecule has 8 heavy (non-hydrogen) atoms. The van der Waals surface area contributed by atoms with Crippen LogP contribution in [0.15, 0.2) is 17.3 Å². The molecule has 0 aliphatic carbocycles. The van der Waals surface area contributed by atoms with Crippen molar-refractivity contribution in [2.24, 2.45) is 4.99 Å².